The van der Waals surface area contributed by atoms with Gasteiger partial charge in [0.05, 0.1) is 23.7 Å². The summed E-state index contributed by atoms with van der Waals surface area (Å²) < 4.78 is 13.4. The van der Waals surface area contributed by atoms with E-state index >= 15 is 0 Å². The number of para-hydroxylation sites is 1. The van der Waals surface area contributed by atoms with Crippen LogP contribution in [0.1, 0.15) is 65.0 Å². The summed E-state index contributed by atoms with van der Waals surface area (Å²) in [6.07, 6.45) is 5.77. The third-order valence-corrected chi connectivity index (χ3v) is 10.2. The fraction of sp³-hybridized carbons (Fsp3) is 0.545. The molecule has 0 unspecified atom stereocenters. The number of fused-ring (bicyclic) bond motifs is 1. The molecule has 2 aromatic carbocycles. The molecule has 4 aliphatic rings. The summed E-state index contributed by atoms with van der Waals surface area (Å²) in [6.45, 7) is 12.0. The van der Waals surface area contributed by atoms with Crippen molar-refractivity contribution < 1.29 is 14.1 Å². The smallest absolute Gasteiger partial charge is 0.404 e. The fourth-order valence-corrected chi connectivity index (χ4v) is 7.72. The highest BCUT2D eigenvalue weighted by molar-refractivity contribution is 6.47. The number of carbonyl (C=O) groups excluding carboxylic acids is 1. The normalized spacial score (nSPS) is 28.2. The van der Waals surface area contributed by atoms with Crippen LogP contribution in [0.25, 0.3) is 10.9 Å². The minimum Gasteiger partial charge on any atom is -0.404 e. The third-order valence-electron chi connectivity index (χ3n) is 10.2. The van der Waals surface area contributed by atoms with Crippen LogP contribution in [0.2, 0.25) is 0 Å². The second-order valence-electron chi connectivity index (χ2n) is 13.6. The van der Waals surface area contributed by atoms with Crippen molar-refractivity contribution in [2.45, 2.75) is 90.5 Å². The molecular weight excluding hydrogens is 497 g/mol. The molecule has 212 valence electrons. The average Bonchev–Trinajstić information content (AvgIpc) is 3.51. The number of H-pyrrole nitrogens is 1. The Kier molecular flexibility index (Phi) is 7.35. The lowest BCUT2D eigenvalue weighted by atomic mass is 9.43. The van der Waals surface area contributed by atoms with Crippen LogP contribution in [-0.4, -0.2) is 41.7 Å². The zero-order chi connectivity index (χ0) is 28.1. The van der Waals surface area contributed by atoms with Crippen LogP contribution in [0.3, 0.4) is 0 Å². The molecule has 3 N–H and O–H groups in total. The van der Waals surface area contributed by atoms with Crippen LogP contribution in [-0.2, 0) is 27.1 Å². The van der Waals surface area contributed by atoms with Crippen molar-refractivity contribution in [2.24, 2.45) is 23.2 Å². The molecule has 6 nitrogen and oxygen atoms in total. The van der Waals surface area contributed by atoms with E-state index in [1.165, 1.54) is 6.42 Å². The lowest BCUT2D eigenvalue weighted by Crippen LogP contribution is -2.65. The van der Waals surface area contributed by atoms with Gasteiger partial charge in [-0.05, 0) is 73.0 Å². The predicted molar refractivity (Wildman–Crippen MR) is 161 cm³/mol. The second-order valence-corrected chi connectivity index (χ2v) is 13.6. The lowest BCUT2D eigenvalue weighted by Gasteiger charge is -2.64. The second kappa shape index (κ2) is 10.7. The number of benzene rings is 2. The van der Waals surface area contributed by atoms with Crippen LogP contribution in [0.5, 0.6) is 0 Å². The number of hydrogen-bond donors (Lipinski definition) is 3. The van der Waals surface area contributed by atoms with E-state index in [9.17, 15) is 4.79 Å². The number of aromatic nitrogens is 1. The summed E-state index contributed by atoms with van der Waals surface area (Å²) in [5, 5.41) is 8.12. The highest BCUT2D eigenvalue weighted by atomic mass is 16.7. The summed E-state index contributed by atoms with van der Waals surface area (Å²) in [4.78, 5) is 17.4. The van der Waals surface area contributed by atoms with Crippen LogP contribution in [0, 0.1) is 23.2 Å². The van der Waals surface area contributed by atoms with Crippen molar-refractivity contribution in [1.29, 1.82) is 0 Å². The number of amides is 1. The van der Waals surface area contributed by atoms with E-state index < -0.39 is 13.2 Å². The Labute approximate surface area is 239 Å². The van der Waals surface area contributed by atoms with Crippen LogP contribution in [0.15, 0.2) is 60.8 Å². The first kappa shape index (κ1) is 27.6. The molecule has 4 fully saturated rings. The van der Waals surface area contributed by atoms with Gasteiger partial charge in [0.2, 0.25) is 5.91 Å². The molecule has 0 radical (unpaired) electrons. The minimum atomic E-state index is -0.431. The number of nitrogens with one attached hydrogen (secondary N) is 3. The zero-order valence-corrected chi connectivity index (χ0v) is 24.6. The summed E-state index contributed by atoms with van der Waals surface area (Å²) in [6, 6.07) is 18.1. The molecular formula is C33H44BN3O3. The molecule has 0 spiro atoms. The molecule has 3 saturated carbocycles. The Morgan fingerprint density at radius 2 is 1.82 bits per heavy atom. The van der Waals surface area contributed by atoms with E-state index in [0.717, 1.165) is 34.9 Å². The van der Waals surface area contributed by atoms with E-state index in [1.807, 2.05) is 36.5 Å². The first-order chi connectivity index (χ1) is 19.1. The molecule has 6 atom stereocenters. The highest BCUT2D eigenvalue weighted by Gasteiger charge is 2.68. The van der Waals surface area contributed by atoms with Gasteiger partial charge >= 0.3 is 7.12 Å². The molecule has 40 heavy (non-hydrogen) atoms. The summed E-state index contributed by atoms with van der Waals surface area (Å²) in [7, 11) is -0.431. The SMILES string of the molecule is CC(C)C[C@H](NC(=O)[C@H](Cc1c[nH]c2ccccc12)NCc1ccccc1)B1O[C@@H]2C[C@@H]3C[C@@H](C3(C)C)[C@]2(C)O1. The molecule has 3 aromatic rings. The van der Waals surface area contributed by atoms with Crippen molar-refractivity contribution in [1.82, 2.24) is 15.6 Å². The van der Waals surface area contributed by atoms with Gasteiger partial charge in [-0.2, -0.15) is 0 Å². The fourth-order valence-electron chi connectivity index (χ4n) is 7.72. The van der Waals surface area contributed by atoms with Crippen molar-refractivity contribution >= 4 is 23.9 Å². The Morgan fingerprint density at radius 3 is 2.58 bits per heavy atom. The van der Waals surface area contributed by atoms with E-state index in [2.05, 4.69) is 74.5 Å². The highest BCUT2D eigenvalue weighted by Crippen LogP contribution is 2.65. The molecule has 1 aromatic heterocycles. The lowest BCUT2D eigenvalue weighted by molar-refractivity contribution is -0.199. The van der Waals surface area contributed by atoms with E-state index in [4.69, 9.17) is 9.31 Å². The van der Waals surface area contributed by atoms with Crippen LogP contribution in [0.4, 0.5) is 0 Å². The number of aromatic amines is 1. The molecule has 1 saturated heterocycles. The topological polar surface area (TPSA) is 75.4 Å². The first-order valence-corrected chi connectivity index (χ1v) is 15.1. The standard InChI is InChI=1S/C33H44BN3O3/c1-21(2)15-30(34-39-29-18-24-17-28(32(24,3)4)33(29,5)40-34)37-31(38)27(35-19-22-11-7-6-8-12-22)16-23-20-36-26-14-10-9-13-25(23)26/h6-14,20-21,24,27-30,35-36H,15-19H2,1-5H3,(H,37,38)/t24-,27-,28-,29+,30-,33-/m0/s1. The Bertz CT molecular complexity index is 1340. The number of hydrogen-bond acceptors (Lipinski definition) is 4. The van der Waals surface area contributed by atoms with Gasteiger partial charge in [0, 0.05) is 23.6 Å². The summed E-state index contributed by atoms with van der Waals surface area (Å²) in [5.74, 6) is 1.36. The van der Waals surface area contributed by atoms with E-state index in [1.54, 1.807) is 0 Å². The van der Waals surface area contributed by atoms with Gasteiger partial charge in [-0.3, -0.25) is 4.79 Å². The van der Waals surface area contributed by atoms with Gasteiger partial charge in [-0.15, -0.1) is 0 Å². The maximum Gasteiger partial charge on any atom is 0.481 e. The quantitative estimate of drug-likeness (QED) is 0.289. The van der Waals surface area contributed by atoms with Crippen molar-refractivity contribution in [3.05, 3.63) is 71.9 Å². The first-order valence-electron chi connectivity index (χ1n) is 15.1. The Hall–Kier alpha value is -2.61. The van der Waals surface area contributed by atoms with Crippen LogP contribution >= 0.6 is 0 Å². The largest absolute Gasteiger partial charge is 0.481 e. The van der Waals surface area contributed by atoms with Crippen molar-refractivity contribution in [2.75, 3.05) is 0 Å². The molecule has 1 amide bonds. The molecule has 2 heterocycles. The van der Waals surface area contributed by atoms with E-state index in [0.29, 0.717) is 30.7 Å². The average molecular weight is 542 g/mol. The minimum absolute atomic E-state index is 0.0104. The van der Waals surface area contributed by atoms with Gasteiger partial charge in [0.15, 0.2) is 0 Å². The van der Waals surface area contributed by atoms with Crippen LogP contribution < -0.4 is 10.6 Å². The number of carbonyl (C=O) groups is 1. The predicted octanol–water partition coefficient (Wildman–Crippen LogP) is 5.67. The van der Waals surface area contributed by atoms with Gasteiger partial charge < -0.3 is 24.9 Å². The summed E-state index contributed by atoms with van der Waals surface area (Å²) in [5.41, 5.74) is 3.36. The maximum absolute atomic E-state index is 14.1. The molecule has 7 heteroatoms. The monoisotopic (exact) mass is 541 g/mol. The van der Waals surface area contributed by atoms with Gasteiger partial charge in [0.1, 0.15) is 0 Å². The molecule has 7 rings (SSSR count). The Balaban J connectivity index is 1.21. The molecule has 2 bridgehead atoms. The van der Waals surface area contributed by atoms with Crippen molar-refractivity contribution in [3.8, 4) is 0 Å². The van der Waals surface area contributed by atoms with Gasteiger partial charge in [-0.1, -0.05) is 76.2 Å². The zero-order valence-electron chi connectivity index (χ0n) is 24.6. The number of rotatable bonds is 10. The van der Waals surface area contributed by atoms with E-state index in [-0.39, 0.29) is 29.0 Å². The maximum atomic E-state index is 14.1. The summed E-state index contributed by atoms with van der Waals surface area (Å²) >= 11 is 0. The van der Waals surface area contributed by atoms with Gasteiger partial charge in [0.25, 0.3) is 0 Å². The van der Waals surface area contributed by atoms with Gasteiger partial charge in [-0.25, -0.2) is 0 Å². The Morgan fingerprint density at radius 1 is 1.07 bits per heavy atom. The molecule has 1 aliphatic heterocycles. The third kappa shape index (κ3) is 5.01. The van der Waals surface area contributed by atoms with Crippen molar-refractivity contribution in [3.63, 3.8) is 0 Å². The molecule has 3 aliphatic carbocycles.